The second kappa shape index (κ2) is 6.60. The van der Waals surface area contributed by atoms with E-state index in [1.54, 1.807) is 39.0 Å². The smallest absolute Gasteiger partial charge is 0.308 e. The molecule has 8 nitrogen and oxygen atoms in total. The van der Waals surface area contributed by atoms with Gasteiger partial charge in [-0.3, -0.25) is 15.1 Å². The molecule has 0 unspecified atom stereocenters. The minimum absolute atomic E-state index is 0.240. The molecular weight excluding hydrogens is 320 g/mol. The van der Waals surface area contributed by atoms with E-state index in [9.17, 15) is 9.59 Å². The number of H-pyrrole nitrogens is 1. The van der Waals surface area contributed by atoms with E-state index in [0.29, 0.717) is 28.5 Å². The Hall–Kier alpha value is -3.42. The summed E-state index contributed by atoms with van der Waals surface area (Å²) in [6, 6.07) is 10.4. The van der Waals surface area contributed by atoms with Crippen LogP contribution in [0.2, 0.25) is 0 Å². The highest BCUT2D eigenvalue weighted by atomic mass is 16.2. The minimum Gasteiger partial charge on any atom is -0.308 e. The summed E-state index contributed by atoms with van der Waals surface area (Å²) in [5.41, 5.74) is 2.25. The Labute approximate surface area is 143 Å². The molecule has 0 fully saturated rings. The van der Waals surface area contributed by atoms with Crippen LogP contribution in [0.3, 0.4) is 0 Å². The molecule has 2 amide bonds. The number of hydrogen-bond donors (Lipinski definition) is 3. The number of nitrogens with one attached hydrogen (secondary N) is 3. The van der Waals surface area contributed by atoms with Gasteiger partial charge in [-0.1, -0.05) is 18.2 Å². The summed E-state index contributed by atoms with van der Waals surface area (Å²) >= 11 is 0. The highest BCUT2D eigenvalue weighted by Crippen LogP contribution is 2.15. The number of benzene rings is 1. The van der Waals surface area contributed by atoms with Crippen molar-refractivity contribution in [3.05, 3.63) is 63.7 Å². The van der Waals surface area contributed by atoms with Gasteiger partial charge in [0.05, 0.1) is 5.69 Å². The van der Waals surface area contributed by atoms with Crippen molar-refractivity contribution in [2.45, 2.75) is 20.8 Å². The van der Waals surface area contributed by atoms with Crippen LogP contribution in [-0.2, 0) is 0 Å². The van der Waals surface area contributed by atoms with Crippen LogP contribution in [0.15, 0.2) is 41.2 Å². The number of carbonyl (C=O) groups is 1. The van der Waals surface area contributed by atoms with Crippen LogP contribution in [0, 0.1) is 20.8 Å². The fourth-order valence-corrected chi connectivity index (χ4v) is 2.28. The SMILES string of the molecule is Cc1cc(NC(=O)Nc2ccccc2)n(-c2nc(C)c(C)c(=O)[nH]2)n1. The zero-order valence-corrected chi connectivity index (χ0v) is 14.1. The van der Waals surface area contributed by atoms with E-state index in [2.05, 4.69) is 25.7 Å². The summed E-state index contributed by atoms with van der Waals surface area (Å²) in [5.74, 6) is 0.647. The van der Waals surface area contributed by atoms with Crippen LogP contribution in [0.4, 0.5) is 16.3 Å². The highest BCUT2D eigenvalue weighted by Gasteiger charge is 2.14. The normalized spacial score (nSPS) is 10.5. The molecule has 2 heterocycles. The van der Waals surface area contributed by atoms with Crippen LogP contribution < -0.4 is 16.2 Å². The van der Waals surface area contributed by atoms with E-state index in [-0.39, 0.29) is 11.5 Å². The number of urea groups is 1. The van der Waals surface area contributed by atoms with Gasteiger partial charge in [0.25, 0.3) is 5.56 Å². The van der Waals surface area contributed by atoms with Gasteiger partial charge in [-0.25, -0.2) is 9.78 Å². The zero-order valence-electron chi connectivity index (χ0n) is 14.1. The van der Waals surface area contributed by atoms with E-state index in [1.165, 1.54) is 4.68 Å². The van der Waals surface area contributed by atoms with E-state index in [1.807, 2.05) is 18.2 Å². The van der Waals surface area contributed by atoms with Crippen LogP contribution in [0.5, 0.6) is 0 Å². The Morgan fingerprint density at radius 3 is 2.52 bits per heavy atom. The molecule has 3 rings (SSSR count). The van der Waals surface area contributed by atoms with Gasteiger partial charge in [0.1, 0.15) is 5.82 Å². The van der Waals surface area contributed by atoms with Crippen LogP contribution in [0.1, 0.15) is 17.0 Å². The maximum absolute atomic E-state index is 12.2. The molecule has 1 aromatic carbocycles. The third-order valence-electron chi connectivity index (χ3n) is 3.69. The van der Waals surface area contributed by atoms with Crippen LogP contribution >= 0.6 is 0 Å². The molecule has 3 N–H and O–H groups in total. The lowest BCUT2D eigenvalue weighted by Gasteiger charge is -2.10. The Morgan fingerprint density at radius 1 is 1.12 bits per heavy atom. The van der Waals surface area contributed by atoms with E-state index < -0.39 is 6.03 Å². The number of rotatable bonds is 3. The molecule has 0 aliphatic rings. The molecule has 0 radical (unpaired) electrons. The number of para-hydroxylation sites is 1. The molecule has 128 valence electrons. The fourth-order valence-electron chi connectivity index (χ4n) is 2.28. The Morgan fingerprint density at radius 2 is 1.84 bits per heavy atom. The molecular formula is C17H18N6O2. The van der Waals surface area contributed by atoms with Gasteiger partial charge in [0, 0.05) is 23.0 Å². The van der Waals surface area contributed by atoms with Crippen molar-refractivity contribution in [3.8, 4) is 5.95 Å². The molecule has 8 heteroatoms. The lowest BCUT2D eigenvalue weighted by atomic mass is 10.3. The van der Waals surface area contributed by atoms with Crippen molar-refractivity contribution in [1.82, 2.24) is 19.7 Å². The first kappa shape index (κ1) is 16.4. The number of nitrogens with zero attached hydrogens (tertiary/aromatic N) is 3. The first-order chi connectivity index (χ1) is 11.9. The summed E-state index contributed by atoms with van der Waals surface area (Å²) in [5, 5.41) is 9.74. The Kier molecular flexibility index (Phi) is 4.34. The number of aromatic amines is 1. The lowest BCUT2D eigenvalue weighted by Crippen LogP contribution is -2.23. The van der Waals surface area contributed by atoms with Crippen LogP contribution in [-0.4, -0.2) is 25.8 Å². The Bertz CT molecular complexity index is 975. The van der Waals surface area contributed by atoms with E-state index in [0.717, 1.165) is 0 Å². The zero-order chi connectivity index (χ0) is 18.0. The van der Waals surface area contributed by atoms with Crippen LogP contribution in [0.25, 0.3) is 5.95 Å². The molecule has 0 aliphatic carbocycles. The molecule has 0 saturated heterocycles. The van der Waals surface area contributed by atoms with Crippen molar-refractivity contribution in [3.63, 3.8) is 0 Å². The molecule has 2 aromatic heterocycles. The van der Waals surface area contributed by atoms with Gasteiger partial charge in [0.2, 0.25) is 5.95 Å². The number of carbonyl (C=O) groups excluding carboxylic acids is 1. The van der Waals surface area contributed by atoms with Gasteiger partial charge in [-0.05, 0) is 32.9 Å². The molecule has 0 spiro atoms. The van der Waals surface area contributed by atoms with Gasteiger partial charge in [0.15, 0.2) is 0 Å². The van der Waals surface area contributed by atoms with Gasteiger partial charge in [-0.15, -0.1) is 0 Å². The standard InChI is InChI=1S/C17H18N6O2/c1-10-9-14(20-17(25)19-13-7-5-4-6-8-13)23(22-10)16-18-12(3)11(2)15(24)21-16/h4-9H,1-3H3,(H,18,21,24)(H2,19,20,25). The summed E-state index contributed by atoms with van der Waals surface area (Å²) in [6.45, 7) is 5.24. The number of hydrogen-bond acceptors (Lipinski definition) is 4. The Balaban J connectivity index is 1.89. The highest BCUT2D eigenvalue weighted by molar-refractivity contribution is 5.99. The fraction of sp³-hybridized carbons (Fsp3) is 0.176. The van der Waals surface area contributed by atoms with Crippen molar-refractivity contribution in [2.75, 3.05) is 10.6 Å². The largest absolute Gasteiger partial charge is 0.324 e. The average molecular weight is 338 g/mol. The molecule has 3 aromatic rings. The second-order valence-corrected chi connectivity index (χ2v) is 5.63. The molecule has 0 aliphatic heterocycles. The summed E-state index contributed by atoms with van der Waals surface area (Å²) < 4.78 is 1.40. The van der Waals surface area contributed by atoms with Gasteiger partial charge < -0.3 is 5.32 Å². The molecule has 0 bridgehead atoms. The van der Waals surface area contributed by atoms with Crippen molar-refractivity contribution < 1.29 is 4.79 Å². The van der Waals surface area contributed by atoms with Crippen molar-refractivity contribution in [1.29, 1.82) is 0 Å². The predicted molar refractivity (Wildman–Crippen MR) is 95.3 cm³/mol. The van der Waals surface area contributed by atoms with Gasteiger partial charge in [-0.2, -0.15) is 9.78 Å². The maximum Gasteiger partial charge on any atom is 0.324 e. The maximum atomic E-state index is 12.2. The number of aryl methyl sites for hydroxylation is 2. The minimum atomic E-state index is -0.418. The average Bonchev–Trinajstić information content (AvgIpc) is 2.93. The molecule has 25 heavy (non-hydrogen) atoms. The second-order valence-electron chi connectivity index (χ2n) is 5.63. The first-order valence-corrected chi connectivity index (χ1v) is 7.71. The van der Waals surface area contributed by atoms with E-state index >= 15 is 0 Å². The number of amides is 2. The lowest BCUT2D eigenvalue weighted by molar-refractivity contribution is 0.262. The molecule has 0 saturated carbocycles. The monoisotopic (exact) mass is 338 g/mol. The summed E-state index contributed by atoms with van der Waals surface area (Å²) in [7, 11) is 0. The third-order valence-corrected chi connectivity index (χ3v) is 3.69. The number of aromatic nitrogens is 4. The van der Waals surface area contributed by atoms with Gasteiger partial charge >= 0.3 is 6.03 Å². The quantitative estimate of drug-likeness (QED) is 0.682. The number of anilines is 2. The van der Waals surface area contributed by atoms with Crippen molar-refractivity contribution >= 4 is 17.5 Å². The summed E-state index contributed by atoms with van der Waals surface area (Å²) in [6.07, 6.45) is 0. The van der Waals surface area contributed by atoms with E-state index in [4.69, 9.17) is 0 Å². The first-order valence-electron chi connectivity index (χ1n) is 7.71. The molecule has 0 atom stereocenters. The summed E-state index contributed by atoms with van der Waals surface area (Å²) in [4.78, 5) is 31.2. The third kappa shape index (κ3) is 3.57. The topological polar surface area (TPSA) is 105 Å². The predicted octanol–water partition coefficient (Wildman–Crippen LogP) is 2.52. The van der Waals surface area contributed by atoms with Crippen molar-refractivity contribution in [2.24, 2.45) is 0 Å².